The number of anilines is 2. The van der Waals surface area contributed by atoms with Crippen LogP contribution in [0, 0.1) is 5.41 Å². The Hall–Kier alpha value is -2.09. The second-order valence-electron chi connectivity index (χ2n) is 9.32. The predicted octanol–water partition coefficient (Wildman–Crippen LogP) is 4.02. The van der Waals surface area contributed by atoms with Crippen LogP contribution in [0.15, 0.2) is 28.8 Å². The fraction of sp³-hybridized carbons (Fsp3) is 0.619. The summed E-state index contributed by atoms with van der Waals surface area (Å²) in [5.41, 5.74) is 1.91. The summed E-state index contributed by atoms with van der Waals surface area (Å²) in [6.45, 7) is 0.905. The molecule has 1 aromatic carbocycles. The second-order valence-corrected chi connectivity index (χ2v) is 11.1. The van der Waals surface area contributed by atoms with Gasteiger partial charge in [0, 0.05) is 23.6 Å². The van der Waals surface area contributed by atoms with Gasteiger partial charge >= 0.3 is 0 Å². The molecule has 2 bridgehead atoms. The number of benzene rings is 1. The van der Waals surface area contributed by atoms with E-state index in [4.69, 9.17) is 9.51 Å². The van der Waals surface area contributed by atoms with Crippen LogP contribution in [0.5, 0.6) is 0 Å². The monoisotopic (exact) mass is 416 g/mol. The summed E-state index contributed by atoms with van der Waals surface area (Å²) in [7, 11) is -3.27. The van der Waals surface area contributed by atoms with Crippen molar-refractivity contribution in [3.05, 3.63) is 36.0 Å². The zero-order valence-corrected chi connectivity index (χ0v) is 17.6. The van der Waals surface area contributed by atoms with Gasteiger partial charge in [0.15, 0.2) is 5.82 Å². The van der Waals surface area contributed by atoms with E-state index >= 15 is 0 Å². The highest BCUT2D eigenvalue weighted by Crippen LogP contribution is 2.57. The molecule has 0 amide bonds. The minimum Gasteiger partial charge on any atom is -0.384 e. The summed E-state index contributed by atoms with van der Waals surface area (Å²) in [5.74, 6) is 2.33. The quantitative estimate of drug-likeness (QED) is 0.707. The third-order valence-corrected chi connectivity index (χ3v) is 7.68. The number of nitrogens with zero attached hydrogens (tertiary/aromatic N) is 2. The van der Waals surface area contributed by atoms with Gasteiger partial charge in [-0.2, -0.15) is 4.98 Å². The molecule has 6 rings (SSSR count). The van der Waals surface area contributed by atoms with Crippen molar-refractivity contribution in [1.82, 2.24) is 10.1 Å². The van der Waals surface area contributed by atoms with E-state index in [0.717, 1.165) is 62.5 Å². The summed E-state index contributed by atoms with van der Waals surface area (Å²) in [4.78, 5) is 4.77. The van der Waals surface area contributed by atoms with Crippen LogP contribution < -0.4 is 10.0 Å². The van der Waals surface area contributed by atoms with E-state index in [2.05, 4.69) is 15.2 Å². The van der Waals surface area contributed by atoms with Gasteiger partial charge in [-0.1, -0.05) is 11.2 Å². The molecule has 0 spiro atoms. The van der Waals surface area contributed by atoms with Crippen molar-refractivity contribution in [2.24, 2.45) is 5.41 Å². The molecule has 2 N–H and O–H groups in total. The lowest BCUT2D eigenvalue weighted by atomic mass is 9.53. The Bertz CT molecular complexity index is 988. The Labute approximate surface area is 171 Å². The molecule has 29 heavy (non-hydrogen) atoms. The van der Waals surface area contributed by atoms with Gasteiger partial charge in [-0.15, -0.1) is 0 Å². The van der Waals surface area contributed by atoms with E-state index in [1.807, 2.05) is 18.2 Å². The minimum atomic E-state index is -3.27. The Morgan fingerprint density at radius 2 is 1.79 bits per heavy atom. The third-order valence-electron chi connectivity index (χ3n) is 7.07. The molecular weight excluding hydrogens is 388 g/mol. The van der Waals surface area contributed by atoms with E-state index in [1.54, 1.807) is 6.07 Å². The molecule has 0 radical (unpaired) electrons. The molecule has 7 nitrogen and oxygen atoms in total. The molecule has 156 valence electrons. The standard InChI is InChI=1S/C21H28N4O3S/c1-29(26,27)25-17-4-2-3-16(13-17)22-14-20-7-10-21(11-8-20,12-9-20)19-23-18(24-28-19)15-5-6-15/h2-4,13,15,22,25H,5-12,14H2,1H3. The molecule has 4 aliphatic rings. The number of sulfonamides is 1. The van der Waals surface area contributed by atoms with E-state index in [1.165, 1.54) is 19.1 Å². The fourth-order valence-corrected chi connectivity index (χ4v) is 5.56. The average molecular weight is 417 g/mol. The van der Waals surface area contributed by atoms with Crippen molar-refractivity contribution < 1.29 is 12.9 Å². The Morgan fingerprint density at radius 3 is 2.45 bits per heavy atom. The number of fused-ring (bicyclic) bond motifs is 3. The number of nitrogens with one attached hydrogen (secondary N) is 2. The van der Waals surface area contributed by atoms with E-state index in [9.17, 15) is 8.42 Å². The SMILES string of the molecule is CS(=O)(=O)Nc1cccc(NCC23CCC(c4nc(C5CC5)no4)(CC2)CC3)c1. The van der Waals surface area contributed by atoms with Crippen LogP contribution in [-0.4, -0.2) is 31.4 Å². The molecule has 0 atom stereocenters. The van der Waals surface area contributed by atoms with Crippen LogP contribution in [0.4, 0.5) is 11.4 Å². The normalized spacial score (nSPS) is 29.0. The number of rotatable bonds is 7. The summed E-state index contributed by atoms with van der Waals surface area (Å²) in [5, 5.41) is 7.79. The molecule has 0 unspecified atom stereocenters. The predicted molar refractivity (Wildman–Crippen MR) is 111 cm³/mol. The Morgan fingerprint density at radius 1 is 1.10 bits per heavy atom. The van der Waals surface area contributed by atoms with Gasteiger partial charge in [0.05, 0.1) is 11.9 Å². The topological polar surface area (TPSA) is 97.1 Å². The Balaban J connectivity index is 1.22. The van der Waals surface area contributed by atoms with Crippen molar-refractivity contribution in [3.63, 3.8) is 0 Å². The van der Waals surface area contributed by atoms with Gasteiger partial charge < -0.3 is 9.84 Å². The molecule has 0 saturated heterocycles. The van der Waals surface area contributed by atoms with Crippen molar-refractivity contribution in [3.8, 4) is 0 Å². The first-order valence-corrected chi connectivity index (χ1v) is 12.4. The lowest BCUT2D eigenvalue weighted by molar-refractivity contribution is 0.0322. The second kappa shape index (κ2) is 6.72. The molecule has 0 aliphatic heterocycles. The maximum absolute atomic E-state index is 11.5. The smallest absolute Gasteiger partial charge is 0.232 e. The zero-order chi connectivity index (χ0) is 20.1. The number of hydrogen-bond donors (Lipinski definition) is 2. The summed E-state index contributed by atoms with van der Waals surface area (Å²) >= 11 is 0. The fourth-order valence-electron chi connectivity index (χ4n) is 5.00. The van der Waals surface area contributed by atoms with Crippen molar-refractivity contribution in [2.45, 2.75) is 62.7 Å². The number of hydrogen-bond acceptors (Lipinski definition) is 6. The summed E-state index contributed by atoms with van der Waals surface area (Å²) < 4.78 is 31.2. The highest BCUT2D eigenvalue weighted by atomic mass is 32.2. The van der Waals surface area contributed by atoms with Gasteiger partial charge in [0.1, 0.15) is 0 Å². The third kappa shape index (κ3) is 3.86. The van der Waals surface area contributed by atoms with Crippen molar-refractivity contribution in [1.29, 1.82) is 0 Å². The summed E-state index contributed by atoms with van der Waals surface area (Å²) in [6.07, 6.45) is 10.3. The van der Waals surface area contributed by atoms with Crippen LogP contribution >= 0.6 is 0 Å². The van der Waals surface area contributed by atoms with E-state index in [-0.39, 0.29) is 5.41 Å². The minimum absolute atomic E-state index is 0.0845. The molecule has 4 fully saturated rings. The lowest BCUT2D eigenvalue weighted by Gasteiger charge is -2.52. The van der Waals surface area contributed by atoms with Gasteiger partial charge in [0.25, 0.3) is 0 Å². The lowest BCUT2D eigenvalue weighted by Crippen LogP contribution is -2.47. The van der Waals surface area contributed by atoms with Gasteiger partial charge in [-0.3, -0.25) is 4.72 Å². The van der Waals surface area contributed by atoms with Crippen LogP contribution in [0.25, 0.3) is 0 Å². The zero-order valence-electron chi connectivity index (χ0n) is 16.8. The van der Waals surface area contributed by atoms with Crippen LogP contribution in [0.2, 0.25) is 0 Å². The first-order chi connectivity index (χ1) is 13.8. The number of aromatic nitrogens is 2. The molecule has 1 aromatic heterocycles. The van der Waals surface area contributed by atoms with Crippen molar-refractivity contribution in [2.75, 3.05) is 22.8 Å². The molecule has 8 heteroatoms. The Kier molecular flexibility index (Phi) is 4.38. The van der Waals surface area contributed by atoms with E-state index < -0.39 is 10.0 Å². The molecule has 2 aromatic rings. The summed E-state index contributed by atoms with van der Waals surface area (Å²) in [6, 6.07) is 7.47. The average Bonchev–Trinajstić information content (AvgIpc) is 3.43. The van der Waals surface area contributed by atoms with Gasteiger partial charge in [-0.05, 0) is 75.0 Å². The van der Waals surface area contributed by atoms with Crippen LogP contribution in [-0.2, 0) is 15.4 Å². The molecule has 1 heterocycles. The van der Waals surface area contributed by atoms with E-state index in [0.29, 0.717) is 17.0 Å². The highest BCUT2D eigenvalue weighted by Gasteiger charge is 2.52. The van der Waals surface area contributed by atoms with Crippen molar-refractivity contribution >= 4 is 21.4 Å². The van der Waals surface area contributed by atoms with Crippen LogP contribution in [0.1, 0.15) is 69.0 Å². The highest BCUT2D eigenvalue weighted by molar-refractivity contribution is 7.92. The van der Waals surface area contributed by atoms with Crippen LogP contribution in [0.3, 0.4) is 0 Å². The molecular formula is C21H28N4O3S. The maximum Gasteiger partial charge on any atom is 0.232 e. The van der Waals surface area contributed by atoms with Gasteiger partial charge in [0.2, 0.25) is 15.9 Å². The molecule has 4 aliphatic carbocycles. The molecule has 4 saturated carbocycles. The first-order valence-electron chi connectivity index (χ1n) is 10.5. The van der Waals surface area contributed by atoms with Gasteiger partial charge in [-0.25, -0.2) is 8.42 Å². The largest absolute Gasteiger partial charge is 0.384 e. The maximum atomic E-state index is 11.5. The first kappa shape index (κ1) is 18.9.